The SMILES string of the molecule is O=CC1(CNc2ccc(Cl)c(C(=O)Nc3c(F)cc(F)cc3Br)c2)C(c2cc(Cl)cc(Cl)c2)C1(Cl)Cl. The molecule has 0 heterocycles. The van der Waals surface area contributed by atoms with E-state index in [0.29, 0.717) is 33.6 Å². The molecule has 1 saturated carbocycles. The van der Waals surface area contributed by atoms with E-state index in [1.165, 1.54) is 12.1 Å². The van der Waals surface area contributed by atoms with Crippen molar-refractivity contribution in [1.29, 1.82) is 0 Å². The van der Waals surface area contributed by atoms with Gasteiger partial charge in [-0.25, -0.2) is 8.78 Å². The monoisotopic (exact) mass is 654 g/mol. The molecule has 0 spiro atoms. The van der Waals surface area contributed by atoms with Gasteiger partial charge in [0.15, 0.2) is 5.82 Å². The Labute approximate surface area is 238 Å². The van der Waals surface area contributed by atoms with Crippen LogP contribution in [0, 0.1) is 17.0 Å². The van der Waals surface area contributed by atoms with Crippen molar-refractivity contribution in [2.24, 2.45) is 5.41 Å². The summed E-state index contributed by atoms with van der Waals surface area (Å²) in [4.78, 5) is 25.0. The van der Waals surface area contributed by atoms with Gasteiger partial charge in [0.1, 0.15) is 16.4 Å². The first kappa shape index (κ1) is 27.4. The molecule has 0 radical (unpaired) electrons. The van der Waals surface area contributed by atoms with Gasteiger partial charge < -0.3 is 15.4 Å². The molecule has 0 aromatic heterocycles. The number of carbonyl (C=O) groups excluding carboxylic acids is 2. The molecule has 0 aliphatic heterocycles. The molecule has 1 aliphatic rings. The predicted molar refractivity (Wildman–Crippen MR) is 144 cm³/mol. The molecule has 1 amide bonds. The van der Waals surface area contributed by atoms with Crippen molar-refractivity contribution in [3.8, 4) is 0 Å². The van der Waals surface area contributed by atoms with Crippen LogP contribution >= 0.6 is 73.9 Å². The minimum atomic E-state index is -1.44. The number of rotatable bonds is 7. The van der Waals surface area contributed by atoms with Crippen LogP contribution in [0.5, 0.6) is 0 Å². The van der Waals surface area contributed by atoms with Gasteiger partial charge in [-0.3, -0.25) is 4.79 Å². The fourth-order valence-electron chi connectivity index (χ4n) is 4.03. The van der Waals surface area contributed by atoms with Crippen LogP contribution in [0.3, 0.4) is 0 Å². The second-order valence-corrected chi connectivity index (χ2v) is 11.7. The molecule has 4 nitrogen and oxygen atoms in total. The number of alkyl halides is 2. The van der Waals surface area contributed by atoms with Gasteiger partial charge in [0.25, 0.3) is 5.91 Å². The van der Waals surface area contributed by atoms with Gasteiger partial charge in [-0.2, -0.15) is 0 Å². The molecule has 1 fully saturated rings. The molecule has 36 heavy (non-hydrogen) atoms. The first-order valence-corrected chi connectivity index (χ1v) is 12.9. The van der Waals surface area contributed by atoms with Crippen LogP contribution in [0.4, 0.5) is 20.2 Å². The normalized spacial score (nSPS) is 20.1. The number of hydrogen-bond acceptors (Lipinski definition) is 3. The maximum absolute atomic E-state index is 14.2. The number of benzene rings is 3. The fourth-order valence-corrected chi connectivity index (χ4v) is 6.26. The maximum atomic E-state index is 14.2. The van der Waals surface area contributed by atoms with E-state index in [-0.39, 0.29) is 27.3 Å². The Morgan fingerprint density at radius 3 is 2.31 bits per heavy atom. The average Bonchev–Trinajstić information content (AvgIpc) is 3.29. The molecular formula is C24H14BrCl5F2N2O2. The van der Waals surface area contributed by atoms with Crippen LogP contribution in [-0.2, 0) is 4.79 Å². The molecule has 2 N–H and O–H groups in total. The topological polar surface area (TPSA) is 58.2 Å². The zero-order valence-corrected chi connectivity index (χ0v) is 23.2. The van der Waals surface area contributed by atoms with Gasteiger partial charge in [0.2, 0.25) is 0 Å². The highest BCUT2D eigenvalue weighted by Gasteiger charge is 2.76. The third-order valence-corrected chi connectivity index (χ3v) is 8.42. The number of aldehydes is 1. The van der Waals surface area contributed by atoms with E-state index in [9.17, 15) is 18.4 Å². The minimum absolute atomic E-state index is 0.00873. The lowest BCUT2D eigenvalue weighted by Crippen LogP contribution is -2.23. The molecule has 188 valence electrons. The summed E-state index contributed by atoms with van der Waals surface area (Å²) < 4.78 is 26.1. The Morgan fingerprint density at radius 2 is 1.69 bits per heavy atom. The summed E-state index contributed by atoms with van der Waals surface area (Å²) in [5.41, 5.74) is -0.424. The summed E-state index contributed by atoms with van der Waals surface area (Å²) in [7, 11) is 0. The smallest absolute Gasteiger partial charge is 0.257 e. The summed E-state index contributed by atoms with van der Waals surface area (Å²) in [5.74, 6) is -3.10. The van der Waals surface area contributed by atoms with Crippen molar-refractivity contribution in [2.45, 2.75) is 10.3 Å². The van der Waals surface area contributed by atoms with Crippen LogP contribution in [0.2, 0.25) is 15.1 Å². The summed E-state index contributed by atoms with van der Waals surface area (Å²) >= 11 is 34.5. The van der Waals surface area contributed by atoms with Gasteiger partial charge in [-0.05, 0) is 64.0 Å². The van der Waals surface area contributed by atoms with Crippen molar-refractivity contribution in [3.63, 3.8) is 0 Å². The van der Waals surface area contributed by atoms with E-state index in [4.69, 9.17) is 58.0 Å². The second kappa shape index (κ2) is 10.3. The van der Waals surface area contributed by atoms with Crippen LogP contribution < -0.4 is 10.6 Å². The van der Waals surface area contributed by atoms with Crippen molar-refractivity contribution in [1.82, 2.24) is 0 Å². The lowest BCUT2D eigenvalue weighted by molar-refractivity contribution is -0.112. The number of anilines is 2. The van der Waals surface area contributed by atoms with E-state index in [2.05, 4.69) is 26.6 Å². The van der Waals surface area contributed by atoms with E-state index < -0.39 is 33.2 Å². The van der Waals surface area contributed by atoms with Gasteiger partial charge in [0.05, 0.1) is 21.7 Å². The van der Waals surface area contributed by atoms with Crippen LogP contribution in [-0.4, -0.2) is 23.1 Å². The first-order valence-electron chi connectivity index (χ1n) is 10.2. The molecule has 0 saturated heterocycles. The van der Waals surface area contributed by atoms with Gasteiger partial charge in [-0.1, -0.05) is 58.0 Å². The number of nitrogens with one attached hydrogen (secondary N) is 2. The molecule has 0 bridgehead atoms. The molecule has 4 rings (SSSR count). The molecule has 2 unspecified atom stereocenters. The van der Waals surface area contributed by atoms with E-state index in [1.54, 1.807) is 24.3 Å². The number of carbonyl (C=O) groups is 2. The molecule has 1 aliphatic carbocycles. The zero-order chi connectivity index (χ0) is 26.4. The third kappa shape index (κ3) is 5.06. The van der Waals surface area contributed by atoms with Crippen molar-refractivity contribution >= 4 is 97.5 Å². The molecule has 3 aromatic rings. The molecule has 12 heteroatoms. The first-order chi connectivity index (χ1) is 16.9. The van der Waals surface area contributed by atoms with Gasteiger partial charge in [0, 0.05) is 38.7 Å². The van der Waals surface area contributed by atoms with Crippen LogP contribution in [0.25, 0.3) is 0 Å². The van der Waals surface area contributed by atoms with E-state index >= 15 is 0 Å². The third-order valence-electron chi connectivity index (χ3n) is 5.88. The fraction of sp³-hybridized carbons (Fsp3) is 0.167. The van der Waals surface area contributed by atoms with Gasteiger partial charge in [-0.15, -0.1) is 0 Å². The Kier molecular flexibility index (Phi) is 7.83. The lowest BCUT2D eigenvalue weighted by atomic mass is 10.00. The molecule has 2 atom stereocenters. The van der Waals surface area contributed by atoms with E-state index in [1.807, 2.05) is 0 Å². The Morgan fingerprint density at radius 1 is 1.03 bits per heavy atom. The highest BCUT2D eigenvalue weighted by atomic mass is 79.9. The number of amides is 1. The summed E-state index contributed by atoms with van der Waals surface area (Å²) in [6.07, 6.45) is 0.678. The van der Waals surface area contributed by atoms with Crippen molar-refractivity contribution in [2.75, 3.05) is 17.2 Å². The van der Waals surface area contributed by atoms with Gasteiger partial charge >= 0.3 is 0 Å². The number of hydrogen-bond donors (Lipinski definition) is 2. The Hall–Kier alpha value is -1.61. The summed E-state index contributed by atoms with van der Waals surface area (Å²) in [5, 5.41) is 6.27. The molecular weight excluding hydrogens is 643 g/mol. The summed E-state index contributed by atoms with van der Waals surface area (Å²) in [6.45, 7) is 0.0130. The Bertz CT molecular complexity index is 1350. The quantitative estimate of drug-likeness (QED) is 0.198. The van der Waals surface area contributed by atoms with Crippen LogP contribution in [0.1, 0.15) is 21.8 Å². The van der Waals surface area contributed by atoms with E-state index in [0.717, 1.165) is 6.07 Å². The highest BCUT2D eigenvalue weighted by Crippen LogP contribution is 2.73. The summed E-state index contributed by atoms with van der Waals surface area (Å²) in [6, 6.07) is 11.0. The predicted octanol–water partition coefficient (Wildman–Crippen LogP) is 8.51. The largest absolute Gasteiger partial charge is 0.384 e. The average molecular weight is 658 g/mol. The standard InChI is InChI=1S/C24H14BrCl5F2N2O2/c25-17-6-14(31)7-19(32)20(17)34-22(36)16-8-15(1-2-18(16)28)33-9-23(10-35)21(24(23,29)30)11-3-12(26)5-13(27)4-11/h1-8,10,21,33H,9H2,(H,34,36). The highest BCUT2D eigenvalue weighted by molar-refractivity contribution is 9.10. The second-order valence-electron chi connectivity index (χ2n) is 8.16. The lowest BCUT2D eigenvalue weighted by Gasteiger charge is -2.15. The molecule has 3 aromatic carbocycles. The maximum Gasteiger partial charge on any atom is 0.257 e. The van der Waals surface area contributed by atoms with Crippen molar-refractivity contribution < 1.29 is 18.4 Å². The van der Waals surface area contributed by atoms with Crippen LogP contribution in [0.15, 0.2) is 53.0 Å². The van der Waals surface area contributed by atoms with Crippen molar-refractivity contribution in [3.05, 3.63) is 90.8 Å². The Balaban J connectivity index is 1.55. The number of halogens is 8. The zero-order valence-electron chi connectivity index (χ0n) is 17.8. The minimum Gasteiger partial charge on any atom is -0.384 e.